The van der Waals surface area contributed by atoms with Gasteiger partial charge in [0.15, 0.2) is 0 Å². The van der Waals surface area contributed by atoms with Gasteiger partial charge in [-0.05, 0) is 38.5 Å². The molecule has 102 valence electrons. The van der Waals surface area contributed by atoms with Crippen molar-refractivity contribution in [3.63, 3.8) is 0 Å². The Morgan fingerprint density at radius 2 is 2.11 bits per heavy atom. The number of anilines is 1. The number of ether oxygens (including phenoxy) is 1. The van der Waals surface area contributed by atoms with Crippen LogP contribution in [0.25, 0.3) is 0 Å². The second-order valence-corrected chi connectivity index (χ2v) is 5.45. The van der Waals surface area contributed by atoms with Crippen LogP contribution in [-0.2, 0) is 4.74 Å². The summed E-state index contributed by atoms with van der Waals surface area (Å²) >= 11 is 0. The Morgan fingerprint density at radius 1 is 1.39 bits per heavy atom. The SMILES string of the molecule is COCCNc1nc(C)cn1C1CCC(C)CC1. The molecule has 2 rings (SSSR count). The number of aromatic nitrogens is 2. The van der Waals surface area contributed by atoms with Crippen molar-refractivity contribution >= 4 is 5.95 Å². The number of nitrogens with zero attached hydrogens (tertiary/aromatic N) is 2. The molecule has 0 bridgehead atoms. The number of methoxy groups -OCH3 is 1. The number of imidazole rings is 1. The third-order valence-electron chi connectivity index (χ3n) is 3.82. The third-order valence-corrected chi connectivity index (χ3v) is 3.82. The lowest BCUT2D eigenvalue weighted by Gasteiger charge is -2.28. The Bertz CT molecular complexity index is 367. The highest BCUT2D eigenvalue weighted by atomic mass is 16.5. The molecule has 18 heavy (non-hydrogen) atoms. The van der Waals surface area contributed by atoms with Crippen molar-refractivity contribution < 1.29 is 4.74 Å². The third kappa shape index (κ3) is 3.25. The number of hydrogen-bond donors (Lipinski definition) is 1. The summed E-state index contributed by atoms with van der Waals surface area (Å²) in [5.41, 5.74) is 1.09. The second-order valence-electron chi connectivity index (χ2n) is 5.45. The molecule has 1 heterocycles. The smallest absolute Gasteiger partial charge is 0.203 e. The summed E-state index contributed by atoms with van der Waals surface area (Å²) in [6, 6.07) is 0.618. The minimum absolute atomic E-state index is 0.618. The largest absolute Gasteiger partial charge is 0.383 e. The minimum Gasteiger partial charge on any atom is -0.383 e. The van der Waals surface area contributed by atoms with Crippen molar-refractivity contribution in [2.75, 3.05) is 25.6 Å². The first-order chi connectivity index (χ1) is 8.70. The maximum absolute atomic E-state index is 5.07. The van der Waals surface area contributed by atoms with Crippen molar-refractivity contribution in [1.82, 2.24) is 9.55 Å². The molecule has 0 atom stereocenters. The molecule has 1 aromatic heterocycles. The van der Waals surface area contributed by atoms with Gasteiger partial charge in [0.2, 0.25) is 5.95 Å². The van der Waals surface area contributed by atoms with Gasteiger partial charge in [0, 0.05) is 25.9 Å². The van der Waals surface area contributed by atoms with Crippen LogP contribution in [0.1, 0.15) is 44.3 Å². The van der Waals surface area contributed by atoms with Crippen LogP contribution in [0.5, 0.6) is 0 Å². The summed E-state index contributed by atoms with van der Waals surface area (Å²) in [6.07, 6.45) is 7.39. The van der Waals surface area contributed by atoms with E-state index in [0.717, 1.165) is 24.1 Å². The van der Waals surface area contributed by atoms with E-state index in [4.69, 9.17) is 4.74 Å². The van der Waals surface area contributed by atoms with Gasteiger partial charge in [-0.2, -0.15) is 0 Å². The maximum atomic E-state index is 5.07. The zero-order chi connectivity index (χ0) is 13.0. The van der Waals surface area contributed by atoms with Gasteiger partial charge in [0.25, 0.3) is 0 Å². The van der Waals surface area contributed by atoms with Crippen LogP contribution in [0.2, 0.25) is 0 Å². The van der Waals surface area contributed by atoms with Crippen molar-refractivity contribution in [1.29, 1.82) is 0 Å². The van der Waals surface area contributed by atoms with E-state index in [1.54, 1.807) is 7.11 Å². The molecule has 0 saturated heterocycles. The molecule has 0 spiro atoms. The van der Waals surface area contributed by atoms with Gasteiger partial charge in [-0.1, -0.05) is 6.92 Å². The first kappa shape index (κ1) is 13.4. The molecule has 1 N–H and O–H groups in total. The fourth-order valence-electron chi connectivity index (χ4n) is 2.71. The van der Waals surface area contributed by atoms with E-state index < -0.39 is 0 Å². The summed E-state index contributed by atoms with van der Waals surface area (Å²) in [4.78, 5) is 4.57. The molecule has 0 aliphatic heterocycles. The Hall–Kier alpha value is -1.03. The molecule has 0 amide bonds. The monoisotopic (exact) mass is 251 g/mol. The average Bonchev–Trinajstić information content (AvgIpc) is 2.72. The standard InChI is InChI=1S/C14H25N3O/c1-11-4-6-13(7-5-11)17-10-12(2)16-14(17)15-8-9-18-3/h10-11,13H,4-9H2,1-3H3,(H,15,16). The molecule has 4 nitrogen and oxygen atoms in total. The molecule has 1 aromatic rings. The number of nitrogens with one attached hydrogen (secondary N) is 1. The lowest BCUT2D eigenvalue weighted by Crippen LogP contribution is -2.19. The highest BCUT2D eigenvalue weighted by molar-refractivity contribution is 5.29. The molecule has 0 radical (unpaired) electrons. The summed E-state index contributed by atoms with van der Waals surface area (Å²) in [5.74, 6) is 1.89. The Kier molecular flexibility index (Phi) is 4.64. The van der Waals surface area contributed by atoms with Crippen molar-refractivity contribution in [3.8, 4) is 0 Å². The molecule has 1 aliphatic carbocycles. The van der Waals surface area contributed by atoms with E-state index in [2.05, 4.69) is 34.9 Å². The van der Waals surface area contributed by atoms with Gasteiger partial charge in [0.05, 0.1) is 12.3 Å². The second kappa shape index (κ2) is 6.23. The highest BCUT2D eigenvalue weighted by Crippen LogP contribution is 2.33. The van der Waals surface area contributed by atoms with Crippen LogP contribution in [-0.4, -0.2) is 29.8 Å². The van der Waals surface area contributed by atoms with Gasteiger partial charge in [-0.3, -0.25) is 0 Å². The summed E-state index contributed by atoms with van der Waals surface area (Å²) in [5, 5.41) is 3.37. The molecular formula is C14H25N3O. The quantitative estimate of drug-likeness (QED) is 0.818. The maximum Gasteiger partial charge on any atom is 0.203 e. The molecule has 0 aromatic carbocycles. The van der Waals surface area contributed by atoms with Crippen LogP contribution in [0.3, 0.4) is 0 Å². The van der Waals surface area contributed by atoms with E-state index in [9.17, 15) is 0 Å². The molecule has 1 saturated carbocycles. The molecule has 1 aliphatic rings. The highest BCUT2D eigenvalue weighted by Gasteiger charge is 2.21. The van der Waals surface area contributed by atoms with Gasteiger partial charge in [0.1, 0.15) is 0 Å². The van der Waals surface area contributed by atoms with Gasteiger partial charge in [-0.25, -0.2) is 4.98 Å². The van der Waals surface area contributed by atoms with Gasteiger partial charge in [-0.15, -0.1) is 0 Å². The fourth-order valence-corrected chi connectivity index (χ4v) is 2.71. The fraction of sp³-hybridized carbons (Fsp3) is 0.786. The van der Waals surface area contributed by atoms with E-state index >= 15 is 0 Å². The number of aryl methyl sites for hydroxylation is 1. The predicted molar refractivity (Wildman–Crippen MR) is 74.0 cm³/mol. The predicted octanol–water partition coefficient (Wildman–Crippen LogP) is 3.00. The first-order valence-electron chi connectivity index (χ1n) is 6.99. The molecule has 1 fully saturated rings. The first-order valence-corrected chi connectivity index (χ1v) is 6.99. The van der Waals surface area contributed by atoms with Crippen LogP contribution in [0.4, 0.5) is 5.95 Å². The van der Waals surface area contributed by atoms with Crippen LogP contribution in [0, 0.1) is 12.8 Å². The van der Waals surface area contributed by atoms with E-state index in [0.29, 0.717) is 12.6 Å². The van der Waals surface area contributed by atoms with Crippen molar-refractivity contribution in [3.05, 3.63) is 11.9 Å². The van der Waals surface area contributed by atoms with E-state index in [-0.39, 0.29) is 0 Å². The van der Waals surface area contributed by atoms with Crippen LogP contribution >= 0.6 is 0 Å². The van der Waals surface area contributed by atoms with Crippen molar-refractivity contribution in [2.24, 2.45) is 5.92 Å². The number of rotatable bonds is 5. The lowest BCUT2D eigenvalue weighted by molar-refractivity contribution is 0.210. The zero-order valence-corrected chi connectivity index (χ0v) is 11.8. The normalized spacial score (nSPS) is 24.2. The average molecular weight is 251 g/mol. The van der Waals surface area contributed by atoms with Crippen LogP contribution < -0.4 is 5.32 Å². The Morgan fingerprint density at radius 3 is 2.78 bits per heavy atom. The number of hydrogen-bond acceptors (Lipinski definition) is 3. The lowest BCUT2D eigenvalue weighted by atomic mass is 9.87. The zero-order valence-electron chi connectivity index (χ0n) is 11.8. The van der Waals surface area contributed by atoms with Gasteiger partial charge < -0.3 is 14.6 Å². The topological polar surface area (TPSA) is 39.1 Å². The minimum atomic E-state index is 0.618. The Labute approximate surface area is 110 Å². The molecular weight excluding hydrogens is 226 g/mol. The van der Waals surface area contributed by atoms with Crippen molar-refractivity contribution in [2.45, 2.75) is 45.6 Å². The Balaban J connectivity index is 2.02. The summed E-state index contributed by atoms with van der Waals surface area (Å²) < 4.78 is 7.40. The molecule has 4 heteroatoms. The van der Waals surface area contributed by atoms with E-state index in [1.807, 2.05) is 0 Å². The summed E-state index contributed by atoms with van der Waals surface area (Å²) in [6.45, 7) is 5.94. The summed E-state index contributed by atoms with van der Waals surface area (Å²) in [7, 11) is 1.72. The van der Waals surface area contributed by atoms with Gasteiger partial charge >= 0.3 is 0 Å². The van der Waals surface area contributed by atoms with E-state index in [1.165, 1.54) is 25.7 Å². The molecule has 0 unspecified atom stereocenters. The van der Waals surface area contributed by atoms with Crippen LogP contribution in [0.15, 0.2) is 6.20 Å².